The molecule has 1 rings (SSSR count). The number of nitriles is 1. The van der Waals surface area contributed by atoms with E-state index in [1.165, 1.54) is 19.4 Å². The normalized spacial score (nSPS) is 8.73. The van der Waals surface area contributed by atoms with Gasteiger partial charge < -0.3 is 9.15 Å². The molecule has 4 nitrogen and oxygen atoms in total. The van der Waals surface area contributed by atoms with E-state index in [9.17, 15) is 4.79 Å². The molecule has 0 aromatic carbocycles. The van der Waals surface area contributed by atoms with Gasteiger partial charge in [0.2, 0.25) is 0 Å². The minimum Gasteiger partial charge on any atom is -0.495 e. The molecule has 11 heavy (non-hydrogen) atoms. The van der Waals surface area contributed by atoms with E-state index in [2.05, 4.69) is 4.42 Å². The van der Waals surface area contributed by atoms with Gasteiger partial charge in [-0.15, -0.1) is 0 Å². The molecule has 0 saturated carbocycles. The van der Waals surface area contributed by atoms with Crippen molar-refractivity contribution in [2.75, 3.05) is 7.11 Å². The zero-order chi connectivity index (χ0) is 8.27. The van der Waals surface area contributed by atoms with Gasteiger partial charge in [0, 0.05) is 6.07 Å². The van der Waals surface area contributed by atoms with Crippen LogP contribution in [0.4, 0.5) is 0 Å². The van der Waals surface area contributed by atoms with Crippen LogP contribution in [0.5, 0.6) is 5.75 Å². The maximum absolute atomic E-state index is 10.8. The summed E-state index contributed by atoms with van der Waals surface area (Å²) >= 11 is 0. The molecule has 0 N–H and O–H groups in total. The van der Waals surface area contributed by atoms with Crippen LogP contribution in [0.25, 0.3) is 0 Å². The molecule has 0 aliphatic heterocycles. The van der Waals surface area contributed by atoms with E-state index in [4.69, 9.17) is 10.00 Å². The zero-order valence-corrected chi connectivity index (χ0v) is 5.83. The van der Waals surface area contributed by atoms with E-state index in [0.717, 1.165) is 0 Å². The fourth-order valence-electron chi connectivity index (χ4n) is 0.671. The summed E-state index contributed by atoms with van der Waals surface area (Å²) in [5.74, 6) is 0.240. The third-order valence-electron chi connectivity index (χ3n) is 1.18. The minimum absolute atomic E-state index is 0.102. The SMILES string of the molecule is COc1ccoc(=O)c1C#N. The second-order valence-corrected chi connectivity index (χ2v) is 1.76. The Labute approximate surface area is 62.6 Å². The van der Waals surface area contributed by atoms with Gasteiger partial charge in [-0.05, 0) is 0 Å². The molecule has 0 fully saturated rings. The fraction of sp³-hybridized carbons (Fsp3) is 0.143. The molecule has 1 aromatic heterocycles. The van der Waals surface area contributed by atoms with Gasteiger partial charge in [-0.25, -0.2) is 4.79 Å². The minimum atomic E-state index is -0.674. The van der Waals surface area contributed by atoms with Gasteiger partial charge in [-0.1, -0.05) is 0 Å². The molecule has 0 amide bonds. The molecule has 0 unspecified atom stereocenters. The molecule has 0 radical (unpaired) electrons. The molecule has 0 atom stereocenters. The standard InChI is InChI=1S/C7H5NO3/c1-10-6-2-3-11-7(9)5(6)4-8/h2-3H,1H3. The quantitative estimate of drug-likeness (QED) is 0.587. The van der Waals surface area contributed by atoms with Gasteiger partial charge in [0.15, 0.2) is 5.56 Å². The topological polar surface area (TPSA) is 63.2 Å². The smallest absolute Gasteiger partial charge is 0.357 e. The number of nitrogens with zero attached hydrogens (tertiary/aromatic N) is 1. The summed E-state index contributed by atoms with van der Waals surface area (Å²) in [6.07, 6.45) is 1.18. The van der Waals surface area contributed by atoms with Crippen LogP contribution in [0.15, 0.2) is 21.5 Å². The monoisotopic (exact) mass is 151 g/mol. The molecular weight excluding hydrogens is 146 g/mol. The van der Waals surface area contributed by atoms with Crippen LogP contribution in [-0.2, 0) is 0 Å². The Kier molecular flexibility index (Phi) is 1.93. The third kappa shape index (κ3) is 1.22. The van der Waals surface area contributed by atoms with Crippen LogP contribution in [0.3, 0.4) is 0 Å². The predicted molar refractivity (Wildman–Crippen MR) is 36.2 cm³/mol. The van der Waals surface area contributed by atoms with Crippen LogP contribution in [-0.4, -0.2) is 7.11 Å². The number of hydrogen-bond acceptors (Lipinski definition) is 4. The summed E-state index contributed by atoms with van der Waals surface area (Å²) in [6, 6.07) is 3.10. The average molecular weight is 151 g/mol. The molecule has 56 valence electrons. The van der Waals surface area contributed by atoms with Crippen LogP contribution in [0, 0.1) is 11.3 Å². The lowest BCUT2D eigenvalue weighted by Gasteiger charge is -1.97. The number of methoxy groups -OCH3 is 1. The Balaban J connectivity index is 3.40. The van der Waals surface area contributed by atoms with E-state index in [-0.39, 0.29) is 11.3 Å². The van der Waals surface area contributed by atoms with E-state index < -0.39 is 5.63 Å². The first-order valence-electron chi connectivity index (χ1n) is 2.85. The Hall–Kier alpha value is -1.76. The van der Waals surface area contributed by atoms with E-state index >= 15 is 0 Å². The lowest BCUT2D eigenvalue weighted by atomic mass is 10.3. The van der Waals surface area contributed by atoms with Gasteiger partial charge >= 0.3 is 5.63 Å². The molecule has 1 aromatic rings. The van der Waals surface area contributed by atoms with Gasteiger partial charge in [-0.2, -0.15) is 5.26 Å². The first-order valence-corrected chi connectivity index (χ1v) is 2.85. The van der Waals surface area contributed by atoms with Crippen LogP contribution >= 0.6 is 0 Å². The highest BCUT2D eigenvalue weighted by molar-refractivity contribution is 5.38. The van der Waals surface area contributed by atoms with Crippen molar-refractivity contribution in [2.24, 2.45) is 0 Å². The molecule has 0 aliphatic carbocycles. The van der Waals surface area contributed by atoms with Crippen LogP contribution < -0.4 is 10.4 Å². The summed E-state index contributed by atoms with van der Waals surface area (Å²) in [6.45, 7) is 0. The summed E-state index contributed by atoms with van der Waals surface area (Å²) in [4.78, 5) is 10.8. The van der Waals surface area contributed by atoms with Crippen molar-refractivity contribution in [2.45, 2.75) is 0 Å². The Morgan fingerprint density at radius 1 is 1.73 bits per heavy atom. The summed E-state index contributed by atoms with van der Waals surface area (Å²) in [5.41, 5.74) is -0.776. The Morgan fingerprint density at radius 3 is 2.91 bits per heavy atom. The molecule has 4 heteroatoms. The van der Waals surface area contributed by atoms with E-state index in [1.54, 1.807) is 6.07 Å². The van der Waals surface area contributed by atoms with Crippen molar-refractivity contribution in [3.63, 3.8) is 0 Å². The highest BCUT2D eigenvalue weighted by Gasteiger charge is 2.06. The molecule has 0 bridgehead atoms. The highest BCUT2D eigenvalue weighted by atomic mass is 16.5. The Bertz CT molecular complexity index is 347. The Morgan fingerprint density at radius 2 is 2.45 bits per heavy atom. The third-order valence-corrected chi connectivity index (χ3v) is 1.18. The summed E-state index contributed by atoms with van der Waals surface area (Å²) < 4.78 is 9.17. The van der Waals surface area contributed by atoms with Crippen LogP contribution in [0.1, 0.15) is 5.56 Å². The number of hydrogen-bond donors (Lipinski definition) is 0. The number of ether oxygens (including phenoxy) is 1. The summed E-state index contributed by atoms with van der Waals surface area (Å²) in [5, 5.41) is 8.44. The maximum Gasteiger partial charge on any atom is 0.357 e. The van der Waals surface area contributed by atoms with Gasteiger partial charge in [0.1, 0.15) is 11.8 Å². The van der Waals surface area contributed by atoms with Crippen molar-refractivity contribution < 1.29 is 9.15 Å². The highest BCUT2D eigenvalue weighted by Crippen LogP contribution is 2.10. The zero-order valence-electron chi connectivity index (χ0n) is 5.83. The van der Waals surface area contributed by atoms with E-state index in [0.29, 0.717) is 0 Å². The predicted octanol–water partition coefficient (Wildman–Crippen LogP) is 0.520. The van der Waals surface area contributed by atoms with Crippen molar-refractivity contribution in [3.05, 3.63) is 28.3 Å². The van der Waals surface area contributed by atoms with Gasteiger partial charge in [0.25, 0.3) is 0 Å². The number of rotatable bonds is 1. The van der Waals surface area contributed by atoms with Gasteiger partial charge in [0.05, 0.1) is 13.4 Å². The molecule has 0 saturated heterocycles. The molecule has 0 spiro atoms. The largest absolute Gasteiger partial charge is 0.495 e. The second-order valence-electron chi connectivity index (χ2n) is 1.76. The van der Waals surface area contributed by atoms with Crippen molar-refractivity contribution >= 4 is 0 Å². The summed E-state index contributed by atoms with van der Waals surface area (Å²) in [7, 11) is 1.38. The maximum atomic E-state index is 10.8. The average Bonchev–Trinajstić information content (AvgIpc) is 2.04. The van der Waals surface area contributed by atoms with Crippen molar-refractivity contribution in [3.8, 4) is 11.8 Å². The molecule has 0 aliphatic rings. The van der Waals surface area contributed by atoms with E-state index in [1.807, 2.05) is 0 Å². The molecular formula is C7H5NO3. The van der Waals surface area contributed by atoms with Gasteiger partial charge in [-0.3, -0.25) is 0 Å². The lowest BCUT2D eigenvalue weighted by Crippen LogP contribution is -2.04. The first kappa shape index (κ1) is 7.35. The second kappa shape index (κ2) is 2.88. The van der Waals surface area contributed by atoms with Crippen molar-refractivity contribution in [1.29, 1.82) is 5.26 Å². The lowest BCUT2D eigenvalue weighted by molar-refractivity contribution is 0.400. The fourth-order valence-corrected chi connectivity index (χ4v) is 0.671. The van der Waals surface area contributed by atoms with Crippen LogP contribution in [0.2, 0.25) is 0 Å². The molecule has 1 heterocycles. The first-order chi connectivity index (χ1) is 5.29. The van der Waals surface area contributed by atoms with Crippen molar-refractivity contribution in [1.82, 2.24) is 0 Å².